The summed E-state index contributed by atoms with van der Waals surface area (Å²) in [5.74, 6) is 0. The Morgan fingerprint density at radius 2 is 0.833 bits per heavy atom. The van der Waals surface area contributed by atoms with Gasteiger partial charge in [0.2, 0.25) is 0 Å². The fourth-order valence-electron chi connectivity index (χ4n) is 10.9. The van der Waals surface area contributed by atoms with Crippen LogP contribution < -0.4 is 4.90 Å². The zero-order valence-electron chi connectivity index (χ0n) is 34.3. The van der Waals surface area contributed by atoms with E-state index in [1.165, 1.54) is 103 Å². The standard InChI is InChI=1S/C58H43NS/c1-57(2)50-29-9-7-22-44(50)46-26-13-24-41(53(46)57)37-17-11-19-39(34-37)59(52-31-15-28-48-49-33-32-36-16-5-6-21-43(36)55(49)60-56(48)52)40-20-12-18-38(35-40)42-25-14-27-47-45-23-8-10-30-51(45)58(3,4)54(42)47/h5-35H,1-4H3. The molecule has 10 aromatic rings. The molecular formula is C58H43NS. The highest BCUT2D eigenvalue weighted by molar-refractivity contribution is 7.27. The quantitative estimate of drug-likeness (QED) is 0.168. The van der Waals surface area contributed by atoms with Gasteiger partial charge in [-0.15, -0.1) is 11.3 Å². The zero-order chi connectivity index (χ0) is 40.3. The first-order valence-electron chi connectivity index (χ1n) is 21.1. The van der Waals surface area contributed by atoms with Crippen molar-refractivity contribution >= 4 is 59.3 Å². The number of benzene rings is 9. The van der Waals surface area contributed by atoms with Crippen molar-refractivity contribution in [3.63, 3.8) is 0 Å². The molecule has 1 nitrogen and oxygen atoms in total. The molecule has 9 aromatic carbocycles. The van der Waals surface area contributed by atoms with E-state index in [1.807, 2.05) is 11.3 Å². The van der Waals surface area contributed by atoms with Gasteiger partial charge in [0.05, 0.1) is 10.4 Å². The van der Waals surface area contributed by atoms with Gasteiger partial charge in [-0.05, 0) is 108 Å². The average Bonchev–Trinajstić information content (AvgIpc) is 3.88. The molecule has 1 heterocycles. The number of fused-ring (bicyclic) bond motifs is 11. The molecular weight excluding hydrogens is 743 g/mol. The van der Waals surface area contributed by atoms with Gasteiger partial charge in [-0.25, -0.2) is 0 Å². The van der Waals surface area contributed by atoms with Crippen molar-refractivity contribution in [3.8, 4) is 44.5 Å². The van der Waals surface area contributed by atoms with E-state index < -0.39 is 0 Å². The lowest BCUT2D eigenvalue weighted by Crippen LogP contribution is -2.16. The summed E-state index contributed by atoms with van der Waals surface area (Å²) in [6.45, 7) is 9.53. The monoisotopic (exact) mass is 785 g/mol. The maximum atomic E-state index is 2.51. The van der Waals surface area contributed by atoms with Gasteiger partial charge in [0.25, 0.3) is 0 Å². The van der Waals surface area contributed by atoms with Gasteiger partial charge in [0, 0.05) is 37.7 Å². The normalized spacial score (nSPS) is 14.3. The molecule has 286 valence electrons. The van der Waals surface area contributed by atoms with Crippen LogP contribution in [0.2, 0.25) is 0 Å². The Labute approximate surface area is 355 Å². The molecule has 0 amide bonds. The molecule has 0 saturated heterocycles. The van der Waals surface area contributed by atoms with E-state index in [4.69, 9.17) is 0 Å². The Hall–Kier alpha value is -6.74. The highest BCUT2D eigenvalue weighted by atomic mass is 32.1. The van der Waals surface area contributed by atoms with Crippen molar-refractivity contribution < 1.29 is 0 Å². The van der Waals surface area contributed by atoms with E-state index >= 15 is 0 Å². The molecule has 2 heteroatoms. The Morgan fingerprint density at radius 1 is 0.367 bits per heavy atom. The third-order valence-corrected chi connectivity index (χ3v) is 14.9. The van der Waals surface area contributed by atoms with Crippen molar-refractivity contribution in [2.45, 2.75) is 38.5 Å². The summed E-state index contributed by atoms with van der Waals surface area (Å²) < 4.78 is 2.62. The highest BCUT2D eigenvalue weighted by Crippen LogP contribution is 2.55. The first-order chi connectivity index (χ1) is 29.3. The van der Waals surface area contributed by atoms with Crippen LogP contribution in [0.25, 0.3) is 75.5 Å². The predicted octanol–water partition coefficient (Wildman–Crippen LogP) is 16.6. The number of hydrogen-bond donors (Lipinski definition) is 0. The van der Waals surface area contributed by atoms with Gasteiger partial charge >= 0.3 is 0 Å². The molecule has 12 rings (SSSR count). The fourth-order valence-corrected chi connectivity index (χ4v) is 12.3. The number of hydrogen-bond acceptors (Lipinski definition) is 2. The Bertz CT molecular complexity index is 3250. The lowest BCUT2D eigenvalue weighted by Gasteiger charge is -2.29. The van der Waals surface area contributed by atoms with Crippen molar-refractivity contribution in [2.24, 2.45) is 0 Å². The number of thiophene rings is 1. The molecule has 0 radical (unpaired) electrons. The van der Waals surface area contributed by atoms with Gasteiger partial charge in [-0.3, -0.25) is 0 Å². The van der Waals surface area contributed by atoms with Gasteiger partial charge in [0.15, 0.2) is 0 Å². The van der Waals surface area contributed by atoms with Crippen LogP contribution in [0, 0.1) is 0 Å². The van der Waals surface area contributed by atoms with Crippen LogP contribution in [0.15, 0.2) is 188 Å². The van der Waals surface area contributed by atoms with E-state index in [2.05, 4.69) is 221 Å². The second kappa shape index (κ2) is 12.9. The Morgan fingerprint density at radius 3 is 1.45 bits per heavy atom. The molecule has 2 aliphatic carbocycles. The minimum absolute atomic E-state index is 0.124. The average molecular weight is 786 g/mol. The minimum atomic E-state index is -0.124. The summed E-state index contributed by atoms with van der Waals surface area (Å²) in [5, 5.41) is 5.18. The lowest BCUT2D eigenvalue weighted by molar-refractivity contribution is 0.662. The second-order valence-electron chi connectivity index (χ2n) is 17.7. The minimum Gasteiger partial charge on any atom is -0.309 e. The van der Waals surface area contributed by atoms with E-state index in [0.717, 1.165) is 11.4 Å². The molecule has 0 fully saturated rings. The van der Waals surface area contributed by atoms with Crippen molar-refractivity contribution in [2.75, 3.05) is 4.90 Å². The summed E-state index contributed by atoms with van der Waals surface area (Å²) in [6, 6.07) is 70.4. The molecule has 1 aromatic heterocycles. The topological polar surface area (TPSA) is 3.24 Å². The summed E-state index contributed by atoms with van der Waals surface area (Å²) in [6.07, 6.45) is 0. The largest absolute Gasteiger partial charge is 0.309 e. The molecule has 0 unspecified atom stereocenters. The highest BCUT2D eigenvalue weighted by Gasteiger charge is 2.38. The molecule has 2 aliphatic rings. The van der Waals surface area contributed by atoms with Crippen LogP contribution in [-0.4, -0.2) is 0 Å². The SMILES string of the molecule is CC1(C)c2ccccc2-c2cccc(-c3cccc(N(c4cccc(-c5cccc6c5C(C)(C)c5ccccc5-6)c4)c4cccc5c4sc4c6ccccc6ccc54)c3)c21. The third kappa shape index (κ3) is 4.98. The molecule has 0 atom stereocenters. The summed E-state index contributed by atoms with van der Waals surface area (Å²) in [7, 11) is 0. The van der Waals surface area contributed by atoms with Crippen LogP contribution in [-0.2, 0) is 10.8 Å². The van der Waals surface area contributed by atoms with E-state index in [9.17, 15) is 0 Å². The Kier molecular flexibility index (Phi) is 7.56. The van der Waals surface area contributed by atoms with Crippen LogP contribution >= 0.6 is 11.3 Å². The maximum absolute atomic E-state index is 2.51. The Balaban J connectivity index is 1.08. The van der Waals surface area contributed by atoms with E-state index in [-0.39, 0.29) is 10.8 Å². The first-order valence-corrected chi connectivity index (χ1v) is 21.9. The zero-order valence-corrected chi connectivity index (χ0v) is 35.1. The van der Waals surface area contributed by atoms with Crippen molar-refractivity contribution in [1.82, 2.24) is 0 Å². The second-order valence-corrected chi connectivity index (χ2v) is 18.7. The van der Waals surface area contributed by atoms with Gasteiger partial charge in [0.1, 0.15) is 0 Å². The van der Waals surface area contributed by atoms with Gasteiger partial charge in [-0.1, -0.05) is 185 Å². The van der Waals surface area contributed by atoms with Crippen LogP contribution in [0.5, 0.6) is 0 Å². The predicted molar refractivity (Wildman–Crippen MR) is 258 cm³/mol. The summed E-state index contributed by atoms with van der Waals surface area (Å²) in [4.78, 5) is 2.51. The molecule has 0 saturated carbocycles. The van der Waals surface area contributed by atoms with E-state index in [1.54, 1.807) is 0 Å². The summed E-state index contributed by atoms with van der Waals surface area (Å²) in [5.41, 5.74) is 19.2. The smallest absolute Gasteiger partial charge is 0.0640 e. The summed E-state index contributed by atoms with van der Waals surface area (Å²) >= 11 is 1.91. The van der Waals surface area contributed by atoms with E-state index in [0.29, 0.717) is 0 Å². The number of anilines is 3. The molecule has 60 heavy (non-hydrogen) atoms. The molecule has 0 bridgehead atoms. The maximum Gasteiger partial charge on any atom is 0.0640 e. The van der Waals surface area contributed by atoms with Crippen LogP contribution in [0.3, 0.4) is 0 Å². The number of rotatable bonds is 5. The molecule has 0 spiro atoms. The molecule has 0 aliphatic heterocycles. The van der Waals surface area contributed by atoms with Crippen molar-refractivity contribution in [1.29, 1.82) is 0 Å². The van der Waals surface area contributed by atoms with Gasteiger partial charge in [-0.2, -0.15) is 0 Å². The number of nitrogens with zero attached hydrogens (tertiary/aromatic N) is 1. The van der Waals surface area contributed by atoms with Gasteiger partial charge < -0.3 is 4.90 Å². The third-order valence-electron chi connectivity index (χ3n) is 13.6. The lowest BCUT2D eigenvalue weighted by atomic mass is 9.79. The molecule has 0 N–H and O–H groups in total. The first kappa shape index (κ1) is 35.2. The van der Waals surface area contributed by atoms with Crippen molar-refractivity contribution in [3.05, 3.63) is 210 Å². The van der Waals surface area contributed by atoms with Crippen LogP contribution in [0.1, 0.15) is 49.9 Å². The van der Waals surface area contributed by atoms with Crippen LogP contribution in [0.4, 0.5) is 17.1 Å². The fraction of sp³-hybridized carbons (Fsp3) is 0.103.